The quantitative estimate of drug-likeness (QED) is 0.624. The molecule has 0 radical (unpaired) electrons. The number of nitrogens with two attached hydrogens (primary N) is 1. The van der Waals surface area contributed by atoms with Gasteiger partial charge in [0, 0.05) is 12.1 Å². The third kappa shape index (κ3) is 4.57. The van der Waals surface area contributed by atoms with Gasteiger partial charge in [-0.2, -0.15) is 0 Å². The SMILES string of the molecule is CC(C)C(CN(C)C)N=C(N)c1ccccc1. The number of hydrogen-bond acceptors (Lipinski definition) is 2. The van der Waals surface area contributed by atoms with E-state index in [1.807, 2.05) is 30.3 Å². The third-order valence-electron chi connectivity index (χ3n) is 2.70. The Labute approximate surface area is 104 Å². The molecule has 1 atom stereocenters. The summed E-state index contributed by atoms with van der Waals surface area (Å²) in [5.41, 5.74) is 7.04. The first-order chi connectivity index (χ1) is 8.00. The minimum absolute atomic E-state index is 0.241. The monoisotopic (exact) mass is 233 g/mol. The highest BCUT2D eigenvalue weighted by Gasteiger charge is 2.13. The zero-order valence-corrected chi connectivity index (χ0v) is 11.2. The average molecular weight is 233 g/mol. The normalized spacial score (nSPS) is 14.4. The molecule has 17 heavy (non-hydrogen) atoms. The smallest absolute Gasteiger partial charge is 0.125 e. The molecule has 0 aromatic heterocycles. The molecule has 0 fully saturated rings. The van der Waals surface area contributed by atoms with E-state index in [0.717, 1.165) is 12.1 Å². The summed E-state index contributed by atoms with van der Waals surface area (Å²) in [5.74, 6) is 1.12. The molecule has 3 nitrogen and oxygen atoms in total. The molecule has 0 aliphatic heterocycles. The predicted molar refractivity (Wildman–Crippen MR) is 74.3 cm³/mol. The predicted octanol–water partition coefficient (Wildman–Crippen LogP) is 1.98. The standard InChI is InChI=1S/C14H23N3/c1-11(2)13(10-17(3)4)16-14(15)12-8-6-5-7-9-12/h5-9,11,13H,10H2,1-4H3,(H2,15,16). The van der Waals surface area contributed by atoms with Crippen LogP contribution in [0.25, 0.3) is 0 Å². The van der Waals surface area contributed by atoms with Gasteiger partial charge in [0.1, 0.15) is 5.84 Å². The molecule has 1 aromatic carbocycles. The van der Waals surface area contributed by atoms with E-state index >= 15 is 0 Å². The number of benzene rings is 1. The second-order valence-electron chi connectivity index (χ2n) is 4.95. The summed E-state index contributed by atoms with van der Waals surface area (Å²) < 4.78 is 0. The maximum atomic E-state index is 6.04. The summed E-state index contributed by atoms with van der Waals surface area (Å²) in [5, 5.41) is 0. The van der Waals surface area contributed by atoms with Crippen LogP contribution < -0.4 is 5.73 Å². The zero-order valence-electron chi connectivity index (χ0n) is 11.2. The van der Waals surface area contributed by atoms with E-state index in [1.165, 1.54) is 0 Å². The maximum absolute atomic E-state index is 6.04. The van der Waals surface area contributed by atoms with Crippen LogP contribution in [0.15, 0.2) is 35.3 Å². The van der Waals surface area contributed by atoms with Crippen LogP contribution in [0.5, 0.6) is 0 Å². The van der Waals surface area contributed by atoms with E-state index in [2.05, 4.69) is 37.8 Å². The Morgan fingerprint density at radius 3 is 2.29 bits per heavy atom. The summed E-state index contributed by atoms with van der Waals surface area (Å²) in [6.07, 6.45) is 0. The Balaban J connectivity index is 2.83. The van der Waals surface area contributed by atoms with E-state index in [9.17, 15) is 0 Å². The van der Waals surface area contributed by atoms with Gasteiger partial charge in [0.25, 0.3) is 0 Å². The Morgan fingerprint density at radius 2 is 1.82 bits per heavy atom. The van der Waals surface area contributed by atoms with Crippen LogP contribution in [-0.2, 0) is 0 Å². The van der Waals surface area contributed by atoms with Crippen molar-refractivity contribution in [2.45, 2.75) is 19.9 Å². The van der Waals surface area contributed by atoms with Gasteiger partial charge in [-0.3, -0.25) is 4.99 Å². The molecule has 0 spiro atoms. The first kappa shape index (κ1) is 13.7. The van der Waals surface area contributed by atoms with Crippen LogP contribution in [-0.4, -0.2) is 37.4 Å². The van der Waals surface area contributed by atoms with Gasteiger partial charge >= 0.3 is 0 Å². The molecule has 3 heteroatoms. The summed E-state index contributed by atoms with van der Waals surface area (Å²) in [7, 11) is 4.12. The van der Waals surface area contributed by atoms with E-state index in [1.54, 1.807) is 0 Å². The molecule has 0 saturated heterocycles. The van der Waals surface area contributed by atoms with E-state index in [-0.39, 0.29) is 6.04 Å². The first-order valence-electron chi connectivity index (χ1n) is 6.04. The van der Waals surface area contributed by atoms with Crippen LogP contribution in [0.1, 0.15) is 19.4 Å². The van der Waals surface area contributed by atoms with Crippen LogP contribution >= 0.6 is 0 Å². The van der Waals surface area contributed by atoms with Crippen LogP contribution in [0.3, 0.4) is 0 Å². The second kappa shape index (κ2) is 6.40. The number of rotatable bonds is 5. The van der Waals surface area contributed by atoms with E-state index < -0.39 is 0 Å². The number of amidine groups is 1. The number of aliphatic imine (C=N–C) groups is 1. The minimum atomic E-state index is 0.241. The molecule has 0 amide bonds. The van der Waals surface area contributed by atoms with Gasteiger partial charge in [0.05, 0.1) is 6.04 Å². The molecule has 2 N–H and O–H groups in total. The topological polar surface area (TPSA) is 41.6 Å². The first-order valence-corrected chi connectivity index (χ1v) is 6.04. The lowest BCUT2D eigenvalue weighted by molar-refractivity contribution is 0.332. The lowest BCUT2D eigenvalue weighted by atomic mass is 10.0. The highest BCUT2D eigenvalue weighted by molar-refractivity contribution is 5.97. The molecule has 1 unspecified atom stereocenters. The van der Waals surface area contributed by atoms with Gasteiger partial charge in [-0.1, -0.05) is 44.2 Å². The van der Waals surface area contributed by atoms with Gasteiger partial charge in [0.2, 0.25) is 0 Å². The van der Waals surface area contributed by atoms with Crippen molar-refractivity contribution in [3.63, 3.8) is 0 Å². The highest BCUT2D eigenvalue weighted by atomic mass is 15.1. The Kier molecular flexibility index (Phi) is 5.16. The van der Waals surface area contributed by atoms with Crippen LogP contribution in [0, 0.1) is 5.92 Å². The van der Waals surface area contributed by atoms with Crippen molar-refractivity contribution in [1.82, 2.24) is 4.90 Å². The molecule has 0 bridgehead atoms. The van der Waals surface area contributed by atoms with Crippen molar-refractivity contribution in [1.29, 1.82) is 0 Å². The van der Waals surface area contributed by atoms with Crippen molar-refractivity contribution < 1.29 is 0 Å². The fourth-order valence-corrected chi connectivity index (χ4v) is 1.64. The molecular formula is C14H23N3. The Hall–Kier alpha value is -1.35. The fraction of sp³-hybridized carbons (Fsp3) is 0.500. The van der Waals surface area contributed by atoms with Gasteiger partial charge in [0.15, 0.2) is 0 Å². The lowest BCUT2D eigenvalue weighted by Crippen LogP contribution is -2.31. The molecule has 0 saturated carbocycles. The minimum Gasteiger partial charge on any atom is -0.383 e. The molecule has 0 aliphatic rings. The van der Waals surface area contributed by atoms with Gasteiger partial charge in [-0.05, 0) is 20.0 Å². The maximum Gasteiger partial charge on any atom is 0.125 e. The molecule has 1 aromatic rings. The molecule has 0 aliphatic carbocycles. The van der Waals surface area contributed by atoms with Crippen molar-refractivity contribution in [2.24, 2.45) is 16.6 Å². The zero-order chi connectivity index (χ0) is 12.8. The van der Waals surface area contributed by atoms with Crippen LogP contribution in [0.4, 0.5) is 0 Å². The van der Waals surface area contributed by atoms with E-state index in [4.69, 9.17) is 5.73 Å². The fourth-order valence-electron chi connectivity index (χ4n) is 1.64. The number of nitrogens with zero attached hydrogens (tertiary/aromatic N) is 2. The van der Waals surface area contributed by atoms with Gasteiger partial charge in [-0.25, -0.2) is 0 Å². The highest BCUT2D eigenvalue weighted by Crippen LogP contribution is 2.09. The number of hydrogen-bond donors (Lipinski definition) is 1. The molecule has 94 valence electrons. The Morgan fingerprint density at radius 1 is 1.24 bits per heavy atom. The van der Waals surface area contributed by atoms with Gasteiger partial charge in [-0.15, -0.1) is 0 Å². The van der Waals surface area contributed by atoms with Crippen molar-refractivity contribution >= 4 is 5.84 Å². The van der Waals surface area contributed by atoms with E-state index in [0.29, 0.717) is 11.8 Å². The molecule has 1 rings (SSSR count). The molecular weight excluding hydrogens is 210 g/mol. The lowest BCUT2D eigenvalue weighted by Gasteiger charge is -2.21. The Bertz CT molecular complexity index is 355. The summed E-state index contributed by atoms with van der Waals surface area (Å²) in [6, 6.07) is 10.2. The summed E-state index contributed by atoms with van der Waals surface area (Å²) >= 11 is 0. The van der Waals surface area contributed by atoms with Crippen molar-refractivity contribution in [3.8, 4) is 0 Å². The average Bonchev–Trinajstić information content (AvgIpc) is 2.28. The molecule has 0 heterocycles. The largest absolute Gasteiger partial charge is 0.383 e. The second-order valence-corrected chi connectivity index (χ2v) is 4.95. The van der Waals surface area contributed by atoms with Gasteiger partial charge < -0.3 is 10.6 Å². The van der Waals surface area contributed by atoms with Crippen molar-refractivity contribution in [3.05, 3.63) is 35.9 Å². The van der Waals surface area contributed by atoms with Crippen LogP contribution in [0.2, 0.25) is 0 Å². The summed E-state index contributed by atoms with van der Waals surface area (Å²) in [6.45, 7) is 5.27. The third-order valence-corrected chi connectivity index (χ3v) is 2.70. The number of likely N-dealkylation sites (N-methyl/N-ethyl adjacent to an activating group) is 1. The summed E-state index contributed by atoms with van der Waals surface area (Å²) in [4.78, 5) is 6.78. The van der Waals surface area contributed by atoms with Crippen molar-refractivity contribution in [2.75, 3.05) is 20.6 Å².